The molecule has 0 aromatic carbocycles. The van der Waals surface area contributed by atoms with E-state index >= 15 is 0 Å². The number of aromatic nitrogens is 1. The van der Waals surface area contributed by atoms with Gasteiger partial charge in [-0.2, -0.15) is 0 Å². The third-order valence-electron chi connectivity index (χ3n) is 3.67. The summed E-state index contributed by atoms with van der Waals surface area (Å²) in [5, 5.41) is 0.522. The van der Waals surface area contributed by atoms with Crippen molar-refractivity contribution in [3.8, 4) is 0 Å². The molecule has 0 spiro atoms. The van der Waals surface area contributed by atoms with Crippen LogP contribution >= 0.6 is 11.6 Å². The van der Waals surface area contributed by atoms with Crippen molar-refractivity contribution in [2.45, 2.75) is 45.6 Å². The number of nitrogens with zero attached hydrogens (tertiary/aromatic N) is 2. The Bertz CT molecular complexity index is 513. The van der Waals surface area contributed by atoms with E-state index in [-0.39, 0.29) is 6.09 Å². The summed E-state index contributed by atoms with van der Waals surface area (Å²) in [6.45, 7) is 9.18. The van der Waals surface area contributed by atoms with Gasteiger partial charge in [0, 0.05) is 24.7 Å². The first-order chi connectivity index (χ1) is 9.76. The second-order valence-electron chi connectivity index (χ2n) is 6.68. The van der Waals surface area contributed by atoms with Gasteiger partial charge in [0.2, 0.25) is 0 Å². The van der Waals surface area contributed by atoms with Crippen LogP contribution in [0.4, 0.5) is 4.79 Å². The second kappa shape index (κ2) is 6.22. The Hall–Kier alpha value is -1.29. The number of piperidine rings is 1. The molecule has 1 aromatic rings. The van der Waals surface area contributed by atoms with Gasteiger partial charge in [-0.3, -0.25) is 0 Å². The largest absolute Gasteiger partial charge is 0.444 e. The maximum absolute atomic E-state index is 12.1. The van der Waals surface area contributed by atoms with Crippen LogP contribution in [0.25, 0.3) is 0 Å². The van der Waals surface area contributed by atoms with Gasteiger partial charge in [-0.15, -0.1) is 0 Å². The van der Waals surface area contributed by atoms with Gasteiger partial charge < -0.3 is 9.64 Å². The van der Waals surface area contributed by atoms with Gasteiger partial charge in [0.15, 0.2) is 0 Å². The van der Waals surface area contributed by atoms with Gasteiger partial charge in [-0.25, -0.2) is 9.78 Å². The average Bonchev–Trinajstić information content (AvgIpc) is 2.36. The van der Waals surface area contributed by atoms with Crippen LogP contribution in [0.2, 0.25) is 5.15 Å². The highest BCUT2D eigenvalue weighted by molar-refractivity contribution is 6.29. The van der Waals surface area contributed by atoms with Crippen molar-refractivity contribution in [2.24, 2.45) is 5.92 Å². The fourth-order valence-corrected chi connectivity index (χ4v) is 2.88. The number of ether oxygens (including phenoxy) is 1. The van der Waals surface area contributed by atoms with E-state index in [0.717, 1.165) is 12.1 Å². The van der Waals surface area contributed by atoms with Gasteiger partial charge in [-0.05, 0) is 45.2 Å². The molecule has 1 aliphatic rings. The van der Waals surface area contributed by atoms with Crippen molar-refractivity contribution in [3.63, 3.8) is 0 Å². The molecule has 0 aliphatic carbocycles. The minimum absolute atomic E-state index is 0.230. The van der Waals surface area contributed by atoms with Crippen LogP contribution in [-0.2, 0) is 4.74 Å². The number of likely N-dealkylation sites (tertiary alicyclic amines) is 1. The molecule has 4 nitrogen and oxygen atoms in total. The van der Waals surface area contributed by atoms with Gasteiger partial charge >= 0.3 is 6.09 Å². The monoisotopic (exact) mass is 310 g/mol. The van der Waals surface area contributed by atoms with Gasteiger partial charge in [0.1, 0.15) is 10.8 Å². The predicted octanol–water partition coefficient (Wildman–Crippen LogP) is 4.10. The topological polar surface area (TPSA) is 42.4 Å². The number of hydrogen-bond donors (Lipinski definition) is 0. The quantitative estimate of drug-likeness (QED) is 0.734. The van der Waals surface area contributed by atoms with E-state index in [9.17, 15) is 4.79 Å². The van der Waals surface area contributed by atoms with Crippen molar-refractivity contribution >= 4 is 17.7 Å². The third-order valence-corrected chi connectivity index (χ3v) is 3.88. The molecule has 1 aliphatic heterocycles. The fraction of sp³-hybridized carbons (Fsp3) is 0.625. The number of pyridine rings is 1. The Kier molecular flexibility index (Phi) is 4.77. The minimum atomic E-state index is -0.453. The van der Waals surface area contributed by atoms with Crippen LogP contribution < -0.4 is 0 Å². The van der Waals surface area contributed by atoms with Gasteiger partial charge in [-0.1, -0.05) is 24.6 Å². The highest BCUT2D eigenvalue weighted by Gasteiger charge is 2.32. The standard InChI is InChI=1S/C16H23ClN2O2/c1-11-10-19(15(20)21-16(2,3)4)9-8-12(11)13-6-5-7-14(17)18-13/h5-7,11-12H,8-10H2,1-4H3/t11-,12+/m0/s1. The molecule has 0 N–H and O–H groups in total. The van der Waals surface area contributed by atoms with E-state index in [4.69, 9.17) is 16.3 Å². The molecular formula is C16H23ClN2O2. The summed E-state index contributed by atoms with van der Waals surface area (Å²) in [5.74, 6) is 0.666. The third kappa shape index (κ3) is 4.34. The summed E-state index contributed by atoms with van der Waals surface area (Å²) in [5.41, 5.74) is 0.560. The predicted molar refractivity (Wildman–Crippen MR) is 83.6 cm³/mol. The number of carbonyl (C=O) groups is 1. The van der Waals surface area contributed by atoms with Crippen LogP contribution in [0.5, 0.6) is 0 Å². The van der Waals surface area contributed by atoms with E-state index < -0.39 is 5.60 Å². The van der Waals surface area contributed by atoms with Crippen LogP contribution in [0, 0.1) is 5.92 Å². The van der Waals surface area contributed by atoms with E-state index in [0.29, 0.717) is 30.1 Å². The van der Waals surface area contributed by atoms with Crippen molar-refractivity contribution in [3.05, 3.63) is 29.0 Å². The van der Waals surface area contributed by atoms with E-state index in [1.807, 2.05) is 32.9 Å². The summed E-state index contributed by atoms with van der Waals surface area (Å²) < 4.78 is 5.44. The van der Waals surface area contributed by atoms with Crippen molar-refractivity contribution in [2.75, 3.05) is 13.1 Å². The first-order valence-corrected chi connectivity index (χ1v) is 7.74. The highest BCUT2D eigenvalue weighted by atomic mass is 35.5. The molecule has 2 atom stereocenters. The molecule has 0 saturated carbocycles. The normalized spacial score (nSPS) is 23.0. The summed E-state index contributed by atoms with van der Waals surface area (Å²) >= 11 is 5.97. The Morgan fingerprint density at radius 3 is 2.71 bits per heavy atom. The second-order valence-corrected chi connectivity index (χ2v) is 7.07. The van der Waals surface area contributed by atoms with Gasteiger partial charge in [0.25, 0.3) is 0 Å². The van der Waals surface area contributed by atoms with Crippen molar-refractivity contribution in [1.82, 2.24) is 9.88 Å². The smallest absolute Gasteiger partial charge is 0.410 e. The Labute approximate surface area is 131 Å². The molecule has 21 heavy (non-hydrogen) atoms. The number of carbonyl (C=O) groups excluding carboxylic acids is 1. The first-order valence-electron chi connectivity index (χ1n) is 7.36. The SMILES string of the molecule is C[C@H]1CN(C(=O)OC(C)(C)C)CC[C@H]1c1cccc(Cl)n1. The van der Waals surface area contributed by atoms with Crippen LogP contribution in [-0.4, -0.2) is 34.7 Å². The zero-order chi connectivity index (χ0) is 15.6. The lowest BCUT2D eigenvalue weighted by molar-refractivity contribution is 0.0154. The van der Waals surface area contributed by atoms with Crippen LogP contribution in [0.3, 0.4) is 0 Å². The Balaban J connectivity index is 2.01. The minimum Gasteiger partial charge on any atom is -0.444 e. The maximum atomic E-state index is 12.1. The maximum Gasteiger partial charge on any atom is 0.410 e. The van der Waals surface area contributed by atoms with Crippen LogP contribution in [0.15, 0.2) is 18.2 Å². The van der Waals surface area contributed by atoms with Crippen molar-refractivity contribution in [1.29, 1.82) is 0 Å². The molecule has 1 aromatic heterocycles. The zero-order valence-electron chi connectivity index (χ0n) is 13.1. The van der Waals surface area contributed by atoms with E-state index in [1.165, 1.54) is 0 Å². The number of rotatable bonds is 1. The molecule has 0 unspecified atom stereocenters. The molecule has 0 radical (unpaired) electrons. The first kappa shape index (κ1) is 16.1. The van der Waals surface area contributed by atoms with Gasteiger partial charge in [0.05, 0.1) is 0 Å². The lowest BCUT2D eigenvalue weighted by Gasteiger charge is -2.37. The highest BCUT2D eigenvalue weighted by Crippen LogP contribution is 2.32. The molecule has 2 heterocycles. The molecule has 5 heteroatoms. The number of amides is 1. The molecule has 0 bridgehead atoms. The van der Waals surface area contributed by atoms with E-state index in [2.05, 4.69) is 11.9 Å². The Morgan fingerprint density at radius 2 is 2.14 bits per heavy atom. The molecule has 1 fully saturated rings. The number of halogens is 1. The molecule has 116 valence electrons. The number of hydrogen-bond acceptors (Lipinski definition) is 3. The summed E-state index contributed by atoms with van der Waals surface area (Å²) in [6, 6.07) is 5.72. The van der Waals surface area contributed by atoms with E-state index in [1.54, 1.807) is 11.0 Å². The summed E-state index contributed by atoms with van der Waals surface area (Å²) in [6.07, 6.45) is 0.653. The Morgan fingerprint density at radius 1 is 1.43 bits per heavy atom. The molecular weight excluding hydrogens is 288 g/mol. The lowest BCUT2D eigenvalue weighted by atomic mass is 9.84. The lowest BCUT2D eigenvalue weighted by Crippen LogP contribution is -2.44. The fourth-order valence-electron chi connectivity index (χ4n) is 2.71. The molecule has 1 saturated heterocycles. The summed E-state index contributed by atoms with van der Waals surface area (Å²) in [7, 11) is 0. The van der Waals surface area contributed by atoms with Crippen LogP contribution in [0.1, 0.15) is 45.7 Å². The van der Waals surface area contributed by atoms with Crippen molar-refractivity contribution < 1.29 is 9.53 Å². The summed E-state index contributed by atoms with van der Waals surface area (Å²) in [4.78, 5) is 18.3. The molecule has 1 amide bonds. The zero-order valence-corrected chi connectivity index (χ0v) is 13.9. The molecule has 2 rings (SSSR count). The average molecular weight is 311 g/mol.